The van der Waals surface area contributed by atoms with Crippen molar-refractivity contribution in [2.24, 2.45) is 5.92 Å². The van der Waals surface area contributed by atoms with Gasteiger partial charge < -0.3 is 19.1 Å². The van der Waals surface area contributed by atoms with Crippen molar-refractivity contribution < 1.29 is 18.8 Å². The van der Waals surface area contributed by atoms with Gasteiger partial charge in [0, 0.05) is 38.3 Å². The zero-order valence-electron chi connectivity index (χ0n) is 17.4. The van der Waals surface area contributed by atoms with Gasteiger partial charge in [-0.05, 0) is 36.1 Å². The minimum Gasteiger partial charge on any atom is -0.459 e. The molecule has 3 amide bonds. The number of benzene rings is 1. The second-order valence-electron chi connectivity index (χ2n) is 8.33. The molecule has 2 aliphatic heterocycles. The van der Waals surface area contributed by atoms with Crippen molar-refractivity contribution in [2.75, 3.05) is 26.2 Å². The zero-order valence-corrected chi connectivity index (χ0v) is 17.4. The van der Waals surface area contributed by atoms with Gasteiger partial charge in [-0.1, -0.05) is 32.0 Å². The number of fused-ring (bicyclic) bond motifs is 1. The van der Waals surface area contributed by atoms with E-state index in [9.17, 15) is 14.4 Å². The molecule has 1 aromatic carbocycles. The number of nitrogens with zero attached hydrogens (tertiary/aromatic N) is 3. The van der Waals surface area contributed by atoms with Crippen LogP contribution in [0.1, 0.15) is 46.7 Å². The summed E-state index contributed by atoms with van der Waals surface area (Å²) in [4.78, 5) is 44.1. The largest absolute Gasteiger partial charge is 0.459 e. The standard InChI is InChI=1S/C23H27N3O4/c1-16(2)14-19(26-15-17-6-3-4-7-18(17)21(26)27)22(28)24-9-11-25(12-10-24)23(29)20-8-5-13-30-20/h3-8,13,16,19H,9-12,14-15H2,1-2H3/t19-/m1/s1. The molecule has 1 aromatic heterocycles. The fraction of sp³-hybridized carbons (Fsp3) is 0.435. The van der Waals surface area contributed by atoms with E-state index in [1.807, 2.05) is 24.3 Å². The maximum Gasteiger partial charge on any atom is 0.289 e. The minimum absolute atomic E-state index is 0.0325. The molecule has 7 heteroatoms. The van der Waals surface area contributed by atoms with Gasteiger partial charge in [0.2, 0.25) is 5.91 Å². The molecule has 1 fully saturated rings. The first-order chi connectivity index (χ1) is 14.5. The van der Waals surface area contributed by atoms with E-state index in [0.29, 0.717) is 50.5 Å². The van der Waals surface area contributed by atoms with E-state index in [1.165, 1.54) is 6.26 Å². The maximum absolute atomic E-state index is 13.4. The van der Waals surface area contributed by atoms with Crippen LogP contribution in [0.15, 0.2) is 47.1 Å². The van der Waals surface area contributed by atoms with Crippen molar-refractivity contribution in [2.45, 2.75) is 32.9 Å². The predicted molar refractivity (Wildman–Crippen MR) is 111 cm³/mol. The third-order valence-corrected chi connectivity index (χ3v) is 5.82. The van der Waals surface area contributed by atoms with E-state index in [-0.39, 0.29) is 23.6 Å². The Hall–Kier alpha value is -3.09. The number of carbonyl (C=O) groups excluding carboxylic acids is 3. The first-order valence-electron chi connectivity index (χ1n) is 10.5. The van der Waals surface area contributed by atoms with Crippen molar-refractivity contribution >= 4 is 17.7 Å². The van der Waals surface area contributed by atoms with Crippen molar-refractivity contribution in [3.05, 3.63) is 59.5 Å². The van der Waals surface area contributed by atoms with Gasteiger partial charge in [-0.15, -0.1) is 0 Å². The summed E-state index contributed by atoms with van der Waals surface area (Å²) >= 11 is 0. The van der Waals surface area contributed by atoms with Crippen LogP contribution in [0.2, 0.25) is 0 Å². The molecule has 0 bridgehead atoms. The number of amides is 3. The number of furan rings is 1. The molecule has 1 saturated heterocycles. The van der Waals surface area contributed by atoms with Gasteiger partial charge >= 0.3 is 0 Å². The van der Waals surface area contributed by atoms with Gasteiger partial charge in [0.1, 0.15) is 6.04 Å². The van der Waals surface area contributed by atoms with Crippen LogP contribution in [0.25, 0.3) is 0 Å². The van der Waals surface area contributed by atoms with Crippen molar-refractivity contribution in [1.29, 1.82) is 0 Å². The number of hydrogen-bond donors (Lipinski definition) is 0. The smallest absolute Gasteiger partial charge is 0.289 e. The average Bonchev–Trinajstić information content (AvgIpc) is 3.40. The van der Waals surface area contributed by atoms with Crippen LogP contribution in [0.3, 0.4) is 0 Å². The second kappa shape index (κ2) is 8.34. The van der Waals surface area contributed by atoms with E-state index >= 15 is 0 Å². The second-order valence-corrected chi connectivity index (χ2v) is 8.33. The Morgan fingerprint density at radius 1 is 1.00 bits per heavy atom. The summed E-state index contributed by atoms with van der Waals surface area (Å²) in [6.45, 7) is 6.41. The molecule has 0 N–H and O–H groups in total. The molecular weight excluding hydrogens is 382 g/mol. The Bertz CT molecular complexity index is 930. The molecule has 0 aliphatic carbocycles. The molecule has 0 spiro atoms. The Balaban J connectivity index is 1.45. The third-order valence-electron chi connectivity index (χ3n) is 5.82. The fourth-order valence-corrected chi connectivity index (χ4v) is 4.23. The van der Waals surface area contributed by atoms with E-state index < -0.39 is 6.04 Å². The lowest BCUT2D eigenvalue weighted by Crippen LogP contribution is -2.56. The molecule has 2 aliphatic rings. The Kier molecular flexibility index (Phi) is 5.61. The third kappa shape index (κ3) is 3.84. The van der Waals surface area contributed by atoms with Crippen LogP contribution in [0.5, 0.6) is 0 Å². The predicted octanol–water partition coefficient (Wildman–Crippen LogP) is 2.63. The van der Waals surface area contributed by atoms with Crippen molar-refractivity contribution in [3.63, 3.8) is 0 Å². The van der Waals surface area contributed by atoms with Gasteiger partial charge in [0.15, 0.2) is 5.76 Å². The molecule has 0 unspecified atom stereocenters. The van der Waals surface area contributed by atoms with E-state index in [1.54, 1.807) is 26.8 Å². The highest BCUT2D eigenvalue weighted by atomic mass is 16.3. The van der Waals surface area contributed by atoms with Crippen LogP contribution in [0, 0.1) is 5.92 Å². The van der Waals surface area contributed by atoms with Crippen LogP contribution in [-0.4, -0.2) is 64.6 Å². The van der Waals surface area contributed by atoms with Gasteiger partial charge in [0.25, 0.3) is 11.8 Å². The minimum atomic E-state index is -0.489. The molecule has 0 saturated carbocycles. The number of carbonyl (C=O) groups is 3. The van der Waals surface area contributed by atoms with Gasteiger partial charge in [-0.2, -0.15) is 0 Å². The normalized spacial score (nSPS) is 17.4. The molecule has 1 atom stereocenters. The lowest BCUT2D eigenvalue weighted by Gasteiger charge is -2.38. The summed E-state index contributed by atoms with van der Waals surface area (Å²) < 4.78 is 5.20. The summed E-state index contributed by atoms with van der Waals surface area (Å²) in [6.07, 6.45) is 2.10. The average molecular weight is 409 g/mol. The van der Waals surface area contributed by atoms with Gasteiger partial charge in [-0.3, -0.25) is 14.4 Å². The highest BCUT2D eigenvalue weighted by Gasteiger charge is 2.39. The van der Waals surface area contributed by atoms with E-state index in [4.69, 9.17) is 4.42 Å². The number of rotatable bonds is 5. The van der Waals surface area contributed by atoms with Crippen molar-refractivity contribution in [3.8, 4) is 0 Å². The Labute approximate surface area is 176 Å². The fourth-order valence-electron chi connectivity index (χ4n) is 4.23. The summed E-state index contributed by atoms with van der Waals surface area (Å²) in [5.74, 6) is 0.326. The molecule has 2 aromatic rings. The lowest BCUT2D eigenvalue weighted by atomic mass is 10.0. The van der Waals surface area contributed by atoms with Crippen molar-refractivity contribution in [1.82, 2.24) is 14.7 Å². The monoisotopic (exact) mass is 409 g/mol. The number of hydrogen-bond acceptors (Lipinski definition) is 4. The highest BCUT2D eigenvalue weighted by molar-refractivity contribution is 6.01. The Morgan fingerprint density at radius 2 is 1.70 bits per heavy atom. The van der Waals surface area contributed by atoms with Crippen LogP contribution < -0.4 is 0 Å². The van der Waals surface area contributed by atoms with E-state index in [0.717, 1.165) is 5.56 Å². The molecule has 158 valence electrons. The van der Waals surface area contributed by atoms with Crippen LogP contribution >= 0.6 is 0 Å². The van der Waals surface area contributed by atoms with Gasteiger partial charge in [0.05, 0.1) is 6.26 Å². The highest BCUT2D eigenvalue weighted by Crippen LogP contribution is 2.28. The summed E-state index contributed by atoms with van der Waals surface area (Å²) in [6, 6.07) is 10.4. The van der Waals surface area contributed by atoms with Gasteiger partial charge in [-0.25, -0.2) is 0 Å². The zero-order chi connectivity index (χ0) is 21.3. The lowest BCUT2D eigenvalue weighted by molar-refractivity contribution is -0.138. The molecular formula is C23H27N3O4. The number of piperazine rings is 1. The van der Waals surface area contributed by atoms with Crippen LogP contribution in [0.4, 0.5) is 0 Å². The summed E-state index contributed by atoms with van der Waals surface area (Å²) in [7, 11) is 0. The SMILES string of the molecule is CC(C)C[C@H](C(=O)N1CCN(C(=O)c2ccco2)CC1)N1Cc2ccccc2C1=O. The first kappa shape index (κ1) is 20.2. The molecule has 0 radical (unpaired) electrons. The molecule has 4 rings (SSSR count). The molecule has 3 heterocycles. The summed E-state index contributed by atoms with van der Waals surface area (Å²) in [5.41, 5.74) is 1.66. The maximum atomic E-state index is 13.4. The Morgan fingerprint density at radius 3 is 2.33 bits per heavy atom. The molecule has 30 heavy (non-hydrogen) atoms. The van der Waals surface area contributed by atoms with E-state index in [2.05, 4.69) is 13.8 Å². The first-order valence-corrected chi connectivity index (χ1v) is 10.5. The summed E-state index contributed by atoms with van der Waals surface area (Å²) in [5, 5.41) is 0. The van der Waals surface area contributed by atoms with Crippen LogP contribution in [-0.2, 0) is 11.3 Å². The molecule has 7 nitrogen and oxygen atoms in total. The topological polar surface area (TPSA) is 74.1 Å². The quantitative estimate of drug-likeness (QED) is 0.761.